The summed E-state index contributed by atoms with van der Waals surface area (Å²) in [6, 6.07) is 7.63. The fourth-order valence-electron chi connectivity index (χ4n) is 4.12. The molecule has 3 N–H and O–H groups in total. The number of nitrogens with one attached hydrogen (secondary N) is 3. The van der Waals surface area contributed by atoms with Crippen LogP contribution in [0.2, 0.25) is 0 Å². The summed E-state index contributed by atoms with van der Waals surface area (Å²) in [5.74, 6) is 0.595. The lowest BCUT2D eigenvalue weighted by Crippen LogP contribution is -2.44. The van der Waals surface area contributed by atoms with Gasteiger partial charge in [-0.15, -0.1) is 0 Å². The molecule has 27 heavy (non-hydrogen) atoms. The maximum absolute atomic E-state index is 13.4. The molecule has 6 heteroatoms. The smallest absolute Gasteiger partial charge is 0.317 e. The van der Waals surface area contributed by atoms with E-state index in [9.17, 15) is 9.18 Å². The van der Waals surface area contributed by atoms with E-state index in [1.54, 1.807) is 17.0 Å². The van der Waals surface area contributed by atoms with E-state index >= 15 is 0 Å². The summed E-state index contributed by atoms with van der Waals surface area (Å²) in [6.45, 7) is 3.03. The lowest BCUT2D eigenvalue weighted by molar-refractivity contribution is 0.196. The minimum atomic E-state index is -0.196. The van der Waals surface area contributed by atoms with Crippen molar-refractivity contribution >= 4 is 6.03 Å². The standard InChI is InChI=1S/C21H33FN4O/c1-15-8-10-18(11-9-15)23-21(27)26(2)12-4-7-19-14-20(25-24-19)16-5-3-6-17(22)13-16/h3,5-6,13,15,18-20,24-25H,4,7-12,14H2,1-2H3,(H,23,27). The molecule has 1 heterocycles. The van der Waals surface area contributed by atoms with Crippen LogP contribution in [0.25, 0.3) is 0 Å². The van der Waals surface area contributed by atoms with E-state index < -0.39 is 0 Å². The van der Waals surface area contributed by atoms with Gasteiger partial charge >= 0.3 is 6.03 Å². The number of rotatable bonds is 6. The van der Waals surface area contributed by atoms with Crippen LogP contribution in [-0.4, -0.2) is 36.6 Å². The molecule has 2 unspecified atom stereocenters. The zero-order valence-corrected chi connectivity index (χ0v) is 16.5. The summed E-state index contributed by atoms with van der Waals surface area (Å²) in [5.41, 5.74) is 7.54. The molecule has 3 rings (SSSR count). The van der Waals surface area contributed by atoms with Crippen molar-refractivity contribution in [1.29, 1.82) is 0 Å². The Bertz CT molecular complexity index is 618. The van der Waals surface area contributed by atoms with Gasteiger partial charge in [-0.1, -0.05) is 19.1 Å². The first-order chi connectivity index (χ1) is 13.0. The first kappa shape index (κ1) is 20.1. The van der Waals surface area contributed by atoms with Gasteiger partial charge in [-0.2, -0.15) is 0 Å². The molecule has 1 saturated carbocycles. The van der Waals surface area contributed by atoms with Crippen molar-refractivity contribution in [2.24, 2.45) is 5.92 Å². The molecule has 0 aromatic heterocycles. The molecule has 1 aliphatic carbocycles. The van der Waals surface area contributed by atoms with Crippen molar-refractivity contribution in [3.63, 3.8) is 0 Å². The van der Waals surface area contributed by atoms with E-state index in [1.807, 2.05) is 13.1 Å². The highest BCUT2D eigenvalue weighted by Crippen LogP contribution is 2.25. The Balaban J connectivity index is 1.34. The second-order valence-electron chi connectivity index (χ2n) is 8.30. The minimum Gasteiger partial charge on any atom is -0.335 e. The highest BCUT2D eigenvalue weighted by Gasteiger charge is 2.25. The first-order valence-corrected chi connectivity index (χ1v) is 10.3. The van der Waals surface area contributed by atoms with Crippen LogP contribution >= 0.6 is 0 Å². The lowest BCUT2D eigenvalue weighted by atomic mass is 9.87. The summed E-state index contributed by atoms with van der Waals surface area (Å²) in [7, 11) is 1.87. The minimum absolute atomic E-state index is 0.0460. The Morgan fingerprint density at radius 2 is 2.04 bits per heavy atom. The topological polar surface area (TPSA) is 56.4 Å². The molecule has 0 spiro atoms. The summed E-state index contributed by atoms with van der Waals surface area (Å²) >= 11 is 0. The predicted molar refractivity (Wildman–Crippen MR) is 106 cm³/mol. The van der Waals surface area contributed by atoms with Crippen LogP contribution in [0.4, 0.5) is 9.18 Å². The average Bonchev–Trinajstić information content (AvgIpc) is 3.12. The summed E-state index contributed by atoms with van der Waals surface area (Å²) in [4.78, 5) is 14.1. The Kier molecular flexibility index (Phi) is 7.07. The van der Waals surface area contributed by atoms with Crippen LogP contribution in [-0.2, 0) is 0 Å². The molecule has 1 aliphatic heterocycles. The van der Waals surface area contributed by atoms with Gasteiger partial charge in [0, 0.05) is 31.7 Å². The Morgan fingerprint density at radius 3 is 2.78 bits per heavy atom. The molecule has 2 atom stereocenters. The third-order valence-electron chi connectivity index (χ3n) is 5.97. The van der Waals surface area contributed by atoms with Gasteiger partial charge in [-0.25, -0.2) is 9.18 Å². The zero-order valence-electron chi connectivity index (χ0n) is 16.5. The number of hydrogen-bond donors (Lipinski definition) is 3. The maximum Gasteiger partial charge on any atom is 0.317 e. The van der Waals surface area contributed by atoms with Crippen LogP contribution in [0, 0.1) is 11.7 Å². The van der Waals surface area contributed by atoms with Crippen LogP contribution in [0.5, 0.6) is 0 Å². The van der Waals surface area contributed by atoms with Crippen LogP contribution in [0.15, 0.2) is 24.3 Å². The van der Waals surface area contributed by atoms with Crippen molar-refractivity contribution in [2.45, 2.75) is 70.0 Å². The molecule has 1 aromatic rings. The number of urea groups is 1. The largest absolute Gasteiger partial charge is 0.335 e. The Hall–Kier alpha value is -1.66. The molecular weight excluding hydrogens is 343 g/mol. The molecule has 1 aromatic carbocycles. The van der Waals surface area contributed by atoms with Gasteiger partial charge in [-0.3, -0.25) is 10.9 Å². The molecule has 0 bridgehead atoms. The van der Waals surface area contributed by atoms with Crippen molar-refractivity contribution in [2.75, 3.05) is 13.6 Å². The molecule has 1 saturated heterocycles. The van der Waals surface area contributed by atoms with Gasteiger partial charge in [-0.05, 0) is 68.6 Å². The first-order valence-electron chi connectivity index (χ1n) is 10.3. The van der Waals surface area contributed by atoms with E-state index in [-0.39, 0.29) is 17.9 Å². The second kappa shape index (κ2) is 9.51. The van der Waals surface area contributed by atoms with E-state index in [0.29, 0.717) is 12.1 Å². The monoisotopic (exact) mass is 376 g/mol. The SMILES string of the molecule is CC1CCC(NC(=O)N(C)CCCC2CC(c3cccc(F)c3)NN2)CC1. The summed E-state index contributed by atoms with van der Waals surface area (Å²) in [5, 5.41) is 3.17. The lowest BCUT2D eigenvalue weighted by Gasteiger charge is -2.29. The number of nitrogens with zero attached hydrogens (tertiary/aromatic N) is 1. The molecule has 2 amide bonds. The van der Waals surface area contributed by atoms with Crippen molar-refractivity contribution in [1.82, 2.24) is 21.1 Å². The second-order valence-corrected chi connectivity index (χ2v) is 8.30. The number of hydrogen-bond acceptors (Lipinski definition) is 3. The maximum atomic E-state index is 13.4. The number of carbonyl (C=O) groups excluding carboxylic acids is 1. The van der Waals surface area contributed by atoms with Crippen molar-refractivity contribution in [3.8, 4) is 0 Å². The Labute approximate surface area is 162 Å². The summed E-state index contributed by atoms with van der Waals surface area (Å²) < 4.78 is 13.4. The number of halogens is 1. The van der Waals surface area contributed by atoms with Crippen LogP contribution in [0.3, 0.4) is 0 Å². The predicted octanol–water partition coefficient (Wildman–Crippen LogP) is 3.73. The van der Waals surface area contributed by atoms with Gasteiger partial charge in [0.05, 0.1) is 0 Å². The van der Waals surface area contributed by atoms with E-state index in [0.717, 1.165) is 50.1 Å². The third-order valence-corrected chi connectivity index (χ3v) is 5.97. The quantitative estimate of drug-likeness (QED) is 0.709. The third kappa shape index (κ3) is 5.91. The zero-order chi connectivity index (χ0) is 19.2. The highest BCUT2D eigenvalue weighted by molar-refractivity contribution is 5.74. The molecular formula is C21H33FN4O. The normalized spacial score (nSPS) is 28.1. The van der Waals surface area contributed by atoms with Crippen LogP contribution < -0.4 is 16.2 Å². The summed E-state index contributed by atoms with van der Waals surface area (Å²) in [6.07, 6.45) is 7.47. The van der Waals surface area contributed by atoms with Gasteiger partial charge in [0.2, 0.25) is 0 Å². The van der Waals surface area contributed by atoms with Gasteiger partial charge in [0.25, 0.3) is 0 Å². The number of hydrazine groups is 1. The van der Waals surface area contributed by atoms with E-state index in [2.05, 4.69) is 23.1 Å². The fourth-order valence-corrected chi connectivity index (χ4v) is 4.12. The number of benzene rings is 1. The van der Waals surface area contributed by atoms with Crippen molar-refractivity contribution < 1.29 is 9.18 Å². The number of amides is 2. The molecule has 2 fully saturated rings. The molecule has 0 radical (unpaired) electrons. The van der Waals surface area contributed by atoms with E-state index in [1.165, 1.54) is 18.9 Å². The fraction of sp³-hybridized carbons (Fsp3) is 0.667. The Morgan fingerprint density at radius 1 is 1.26 bits per heavy atom. The van der Waals surface area contributed by atoms with Gasteiger partial charge in [0.1, 0.15) is 5.82 Å². The van der Waals surface area contributed by atoms with Gasteiger partial charge in [0.15, 0.2) is 0 Å². The van der Waals surface area contributed by atoms with Crippen LogP contribution in [0.1, 0.15) is 63.5 Å². The van der Waals surface area contributed by atoms with Crippen molar-refractivity contribution in [3.05, 3.63) is 35.6 Å². The molecule has 5 nitrogen and oxygen atoms in total. The highest BCUT2D eigenvalue weighted by atomic mass is 19.1. The van der Waals surface area contributed by atoms with Gasteiger partial charge < -0.3 is 10.2 Å². The molecule has 2 aliphatic rings. The number of carbonyl (C=O) groups is 1. The molecule has 150 valence electrons. The average molecular weight is 377 g/mol. The van der Waals surface area contributed by atoms with E-state index in [4.69, 9.17) is 0 Å².